The number of thioether (sulfide) groups is 1. The molecule has 1 heterocycles. The van der Waals surface area contributed by atoms with E-state index in [0.717, 1.165) is 42.0 Å². The highest BCUT2D eigenvalue weighted by Gasteiger charge is 2.63. The number of hydrogen-bond donors (Lipinski definition) is 1. The summed E-state index contributed by atoms with van der Waals surface area (Å²) in [6.45, 7) is 4.96. The lowest BCUT2D eigenvalue weighted by atomic mass is 9.46. The molecule has 4 aliphatic rings. The molecule has 0 spiro atoms. The number of rotatable bonds is 4. The third kappa shape index (κ3) is 2.98. The lowest BCUT2D eigenvalue weighted by molar-refractivity contribution is -0.116. The molecule has 0 unspecified atom stereocenters. The SMILES string of the molecule is CO[C@@H]1C=C2CC[C@@H]3[C@H]4CC[C@@](O)(CSc5nccn5C)[C@@]4(C)CC[C@@H]3[C@@]2(C)CC1. The highest BCUT2D eigenvalue weighted by Crippen LogP contribution is 2.68. The summed E-state index contributed by atoms with van der Waals surface area (Å²) in [6, 6.07) is 0. The van der Waals surface area contributed by atoms with Gasteiger partial charge in [0.25, 0.3) is 0 Å². The van der Waals surface area contributed by atoms with Crippen LogP contribution in [-0.2, 0) is 11.8 Å². The normalized spacial score (nSPS) is 45.4. The summed E-state index contributed by atoms with van der Waals surface area (Å²) in [4.78, 5) is 4.47. The van der Waals surface area contributed by atoms with Crippen LogP contribution in [0.3, 0.4) is 0 Å². The minimum atomic E-state index is -0.579. The number of nitrogens with zero attached hydrogens (tertiary/aromatic N) is 2. The fourth-order valence-corrected chi connectivity index (χ4v) is 9.15. The van der Waals surface area contributed by atoms with Gasteiger partial charge in [0.15, 0.2) is 5.16 Å². The Kier molecular flexibility index (Phi) is 5.19. The zero-order chi connectivity index (χ0) is 21.1. The molecule has 5 rings (SSSR count). The molecule has 30 heavy (non-hydrogen) atoms. The smallest absolute Gasteiger partial charge is 0.167 e. The van der Waals surface area contributed by atoms with E-state index < -0.39 is 5.60 Å². The molecular formula is C25H38N2O2S. The minimum Gasteiger partial charge on any atom is -0.388 e. The molecule has 4 aliphatic carbocycles. The average Bonchev–Trinajstić information content (AvgIpc) is 3.26. The summed E-state index contributed by atoms with van der Waals surface area (Å²) in [5.41, 5.74) is 1.48. The molecule has 166 valence electrons. The van der Waals surface area contributed by atoms with E-state index in [1.807, 2.05) is 26.6 Å². The quantitative estimate of drug-likeness (QED) is 0.525. The first kappa shape index (κ1) is 21.1. The number of aryl methyl sites for hydroxylation is 1. The Morgan fingerprint density at radius 2 is 1.97 bits per heavy atom. The van der Waals surface area contributed by atoms with Gasteiger partial charge in [-0.2, -0.15) is 0 Å². The van der Waals surface area contributed by atoms with E-state index in [4.69, 9.17) is 4.74 Å². The molecular weight excluding hydrogens is 392 g/mol. The van der Waals surface area contributed by atoms with Crippen molar-refractivity contribution in [3.8, 4) is 0 Å². The van der Waals surface area contributed by atoms with Crippen LogP contribution in [0.4, 0.5) is 0 Å². The number of imidazole rings is 1. The zero-order valence-electron chi connectivity index (χ0n) is 19.1. The van der Waals surface area contributed by atoms with Crippen LogP contribution in [0.2, 0.25) is 0 Å². The van der Waals surface area contributed by atoms with Gasteiger partial charge in [0, 0.05) is 37.7 Å². The van der Waals surface area contributed by atoms with E-state index in [0.29, 0.717) is 17.4 Å². The second-order valence-electron chi connectivity index (χ2n) is 11.0. The van der Waals surface area contributed by atoms with Crippen molar-refractivity contribution in [2.75, 3.05) is 12.9 Å². The van der Waals surface area contributed by atoms with Crippen molar-refractivity contribution in [1.82, 2.24) is 9.55 Å². The molecule has 1 aromatic heterocycles. The summed E-state index contributed by atoms with van der Waals surface area (Å²) in [6.07, 6.45) is 16.1. The van der Waals surface area contributed by atoms with Crippen LogP contribution in [0, 0.1) is 28.6 Å². The first-order chi connectivity index (χ1) is 14.3. The molecule has 3 saturated carbocycles. The predicted molar refractivity (Wildman–Crippen MR) is 121 cm³/mol. The topological polar surface area (TPSA) is 47.3 Å². The average molecular weight is 431 g/mol. The van der Waals surface area contributed by atoms with Crippen molar-refractivity contribution >= 4 is 11.8 Å². The Morgan fingerprint density at radius 1 is 1.17 bits per heavy atom. The van der Waals surface area contributed by atoms with Gasteiger partial charge in [0.05, 0.1) is 11.7 Å². The minimum absolute atomic E-state index is 0.0354. The van der Waals surface area contributed by atoms with Crippen LogP contribution >= 0.6 is 11.8 Å². The van der Waals surface area contributed by atoms with Crippen molar-refractivity contribution in [2.24, 2.45) is 35.6 Å². The van der Waals surface area contributed by atoms with Crippen LogP contribution in [0.5, 0.6) is 0 Å². The Morgan fingerprint density at radius 3 is 2.70 bits per heavy atom. The standard InChI is InChI=1S/C25H38N2O2S/c1-23-10-7-18(29-4)15-17(23)5-6-19-20(23)8-11-24(2)21(19)9-12-25(24,28)16-30-22-26-13-14-27(22)3/h13-15,18-21,28H,5-12,16H2,1-4H3/t18-,19-,20-,21+,23-,24-,25+/m0/s1. The summed E-state index contributed by atoms with van der Waals surface area (Å²) in [5.74, 6) is 2.96. The molecule has 0 aromatic carbocycles. The fourth-order valence-electron chi connectivity index (χ4n) is 7.90. The van der Waals surface area contributed by atoms with E-state index in [9.17, 15) is 5.11 Å². The number of methoxy groups -OCH3 is 1. The van der Waals surface area contributed by atoms with Gasteiger partial charge in [0.2, 0.25) is 0 Å². The van der Waals surface area contributed by atoms with Crippen LogP contribution in [-0.4, -0.2) is 39.2 Å². The lowest BCUT2D eigenvalue weighted by Gasteiger charge is -2.59. The second kappa shape index (κ2) is 7.38. The molecule has 0 bridgehead atoms. The van der Waals surface area contributed by atoms with E-state index in [-0.39, 0.29) is 5.41 Å². The maximum atomic E-state index is 11.9. The fraction of sp³-hybridized carbons (Fsp3) is 0.800. The number of ether oxygens (including phenoxy) is 1. The molecule has 0 amide bonds. The molecule has 1 aromatic rings. The summed E-state index contributed by atoms with van der Waals surface area (Å²) < 4.78 is 7.74. The molecule has 5 heteroatoms. The number of hydrogen-bond acceptors (Lipinski definition) is 4. The molecule has 0 aliphatic heterocycles. The third-order valence-corrected chi connectivity index (χ3v) is 11.2. The maximum absolute atomic E-state index is 11.9. The number of fused-ring (bicyclic) bond motifs is 5. The second-order valence-corrected chi connectivity index (χ2v) is 11.9. The van der Waals surface area contributed by atoms with E-state index in [1.165, 1.54) is 32.1 Å². The highest BCUT2D eigenvalue weighted by molar-refractivity contribution is 7.99. The lowest BCUT2D eigenvalue weighted by Crippen LogP contribution is -2.55. The van der Waals surface area contributed by atoms with Crippen LogP contribution in [0.15, 0.2) is 29.2 Å². The Bertz CT molecular complexity index is 837. The monoisotopic (exact) mass is 430 g/mol. The Hall–Kier alpha value is -0.780. The van der Waals surface area contributed by atoms with E-state index >= 15 is 0 Å². The van der Waals surface area contributed by atoms with Gasteiger partial charge in [-0.3, -0.25) is 0 Å². The first-order valence-electron chi connectivity index (χ1n) is 11.9. The van der Waals surface area contributed by atoms with Gasteiger partial charge >= 0.3 is 0 Å². The van der Waals surface area contributed by atoms with Crippen LogP contribution in [0.1, 0.15) is 65.2 Å². The van der Waals surface area contributed by atoms with Gasteiger partial charge < -0.3 is 14.4 Å². The van der Waals surface area contributed by atoms with Gasteiger partial charge in [-0.25, -0.2) is 4.98 Å². The van der Waals surface area contributed by atoms with E-state index in [1.54, 1.807) is 17.3 Å². The molecule has 3 fully saturated rings. The summed E-state index contributed by atoms with van der Waals surface area (Å²) >= 11 is 1.73. The van der Waals surface area contributed by atoms with Gasteiger partial charge in [-0.15, -0.1) is 0 Å². The molecule has 4 nitrogen and oxygen atoms in total. The first-order valence-corrected chi connectivity index (χ1v) is 12.9. The van der Waals surface area contributed by atoms with E-state index in [2.05, 4.69) is 29.5 Å². The van der Waals surface area contributed by atoms with Crippen molar-refractivity contribution in [3.63, 3.8) is 0 Å². The number of aliphatic hydroxyl groups is 1. The van der Waals surface area contributed by atoms with Gasteiger partial charge in [-0.1, -0.05) is 37.3 Å². The predicted octanol–water partition coefficient (Wildman–Crippen LogP) is 5.22. The summed E-state index contributed by atoms with van der Waals surface area (Å²) in [7, 11) is 3.89. The maximum Gasteiger partial charge on any atom is 0.167 e. The van der Waals surface area contributed by atoms with Gasteiger partial charge in [0.1, 0.15) is 0 Å². The molecule has 0 radical (unpaired) electrons. The number of allylic oxidation sites excluding steroid dienone is 1. The van der Waals surface area contributed by atoms with Crippen LogP contribution in [0.25, 0.3) is 0 Å². The largest absolute Gasteiger partial charge is 0.388 e. The van der Waals surface area contributed by atoms with Gasteiger partial charge in [-0.05, 0) is 74.5 Å². The van der Waals surface area contributed by atoms with Crippen LogP contribution < -0.4 is 0 Å². The third-order valence-electron chi connectivity index (χ3n) is 9.91. The molecule has 1 N–H and O–H groups in total. The van der Waals surface area contributed by atoms with Crippen molar-refractivity contribution < 1.29 is 9.84 Å². The summed E-state index contributed by atoms with van der Waals surface area (Å²) in [5, 5.41) is 12.9. The zero-order valence-corrected chi connectivity index (χ0v) is 19.9. The Balaban J connectivity index is 1.37. The molecule has 0 saturated heterocycles. The number of aromatic nitrogens is 2. The highest BCUT2D eigenvalue weighted by atomic mass is 32.2. The molecule has 7 atom stereocenters. The van der Waals surface area contributed by atoms with Crippen molar-refractivity contribution in [3.05, 3.63) is 24.0 Å². The Labute approximate surface area is 185 Å². The van der Waals surface area contributed by atoms with Crippen molar-refractivity contribution in [1.29, 1.82) is 0 Å². The van der Waals surface area contributed by atoms with Crippen molar-refractivity contribution in [2.45, 2.75) is 82.1 Å².